The molecule has 0 aromatic heterocycles. The van der Waals surface area contributed by atoms with Crippen molar-refractivity contribution in [3.63, 3.8) is 0 Å². The van der Waals surface area contributed by atoms with Crippen LogP contribution in [0.25, 0.3) is 0 Å². The highest BCUT2D eigenvalue weighted by atomic mass is 16.5. The van der Waals surface area contributed by atoms with Crippen molar-refractivity contribution in [2.24, 2.45) is 28.9 Å². The molecule has 0 spiro atoms. The van der Waals surface area contributed by atoms with Crippen LogP contribution in [0.1, 0.15) is 51.4 Å². The predicted molar refractivity (Wildman–Crippen MR) is 82.9 cm³/mol. The molecule has 0 radical (unpaired) electrons. The molecule has 0 aromatic rings. The van der Waals surface area contributed by atoms with E-state index in [-0.39, 0.29) is 0 Å². The predicted octanol–water partition coefficient (Wildman–Crippen LogP) is 2.39. The van der Waals surface area contributed by atoms with Gasteiger partial charge in [0, 0.05) is 25.7 Å². The Morgan fingerprint density at radius 3 is 2.00 bits per heavy atom. The molecule has 2 N–H and O–H groups in total. The van der Waals surface area contributed by atoms with Gasteiger partial charge in [-0.25, -0.2) is 0 Å². The average molecular weight is 290 g/mol. The van der Waals surface area contributed by atoms with E-state index in [9.17, 15) is 0 Å². The van der Waals surface area contributed by atoms with E-state index in [2.05, 4.69) is 4.90 Å². The van der Waals surface area contributed by atoms with Crippen LogP contribution in [-0.2, 0) is 4.74 Å². The van der Waals surface area contributed by atoms with E-state index >= 15 is 0 Å². The maximum absolute atomic E-state index is 6.83. The third kappa shape index (κ3) is 2.19. The van der Waals surface area contributed by atoms with Gasteiger partial charge in [-0.15, -0.1) is 0 Å². The molecule has 3 nitrogen and oxygen atoms in total. The fourth-order valence-electron chi connectivity index (χ4n) is 6.95. The Balaban J connectivity index is 1.29. The number of fused-ring (bicyclic) bond motifs is 2. The maximum atomic E-state index is 6.83. The molecule has 0 aromatic carbocycles. The summed E-state index contributed by atoms with van der Waals surface area (Å²) in [5, 5.41) is 0. The molecule has 3 atom stereocenters. The van der Waals surface area contributed by atoms with Crippen molar-refractivity contribution >= 4 is 0 Å². The summed E-state index contributed by atoms with van der Waals surface area (Å²) in [4.78, 5) is 2.63. The Kier molecular flexibility index (Phi) is 2.98. The van der Waals surface area contributed by atoms with E-state index in [1.807, 2.05) is 0 Å². The van der Waals surface area contributed by atoms with Gasteiger partial charge in [0.1, 0.15) is 0 Å². The Bertz CT molecular complexity index is 376. The zero-order valence-corrected chi connectivity index (χ0v) is 13.2. The van der Waals surface area contributed by atoms with Crippen LogP contribution in [0.2, 0.25) is 0 Å². The van der Waals surface area contributed by atoms with Crippen LogP contribution in [0.15, 0.2) is 0 Å². The minimum atomic E-state index is 0.406. The lowest BCUT2D eigenvalue weighted by Gasteiger charge is -2.59. The van der Waals surface area contributed by atoms with Gasteiger partial charge in [0.05, 0.1) is 12.2 Å². The van der Waals surface area contributed by atoms with Crippen LogP contribution in [0.5, 0.6) is 0 Å². The molecule has 0 amide bonds. The summed E-state index contributed by atoms with van der Waals surface area (Å²) in [5.41, 5.74) is 7.34. The largest absolute Gasteiger partial charge is 0.372 e. The molecule has 4 aliphatic carbocycles. The van der Waals surface area contributed by atoms with Crippen LogP contribution in [-0.4, -0.2) is 42.8 Å². The van der Waals surface area contributed by atoms with Crippen molar-refractivity contribution in [2.75, 3.05) is 19.6 Å². The topological polar surface area (TPSA) is 38.5 Å². The van der Waals surface area contributed by atoms with E-state index in [4.69, 9.17) is 10.5 Å². The monoisotopic (exact) mass is 290 g/mol. The lowest BCUT2D eigenvalue weighted by atomic mass is 9.48. The fourth-order valence-corrected chi connectivity index (χ4v) is 6.95. The number of likely N-dealkylation sites (tertiary alicyclic amines) is 1. The first kappa shape index (κ1) is 13.3. The molecule has 6 rings (SSSR count). The van der Waals surface area contributed by atoms with E-state index in [1.165, 1.54) is 51.4 Å². The highest BCUT2D eigenvalue weighted by Crippen LogP contribution is 2.61. The summed E-state index contributed by atoms with van der Waals surface area (Å²) in [5.74, 6) is 3.05. The van der Waals surface area contributed by atoms with E-state index < -0.39 is 0 Å². The van der Waals surface area contributed by atoms with Gasteiger partial charge in [-0.2, -0.15) is 0 Å². The second-order valence-electron chi connectivity index (χ2n) is 9.06. The molecule has 2 aliphatic heterocycles. The van der Waals surface area contributed by atoms with Crippen molar-refractivity contribution in [1.29, 1.82) is 0 Å². The molecule has 3 heteroatoms. The third-order valence-corrected chi connectivity index (χ3v) is 7.45. The van der Waals surface area contributed by atoms with Gasteiger partial charge in [-0.05, 0) is 74.5 Å². The normalized spacial score (nSPS) is 53.3. The summed E-state index contributed by atoms with van der Waals surface area (Å²) < 4.78 is 5.98. The van der Waals surface area contributed by atoms with Gasteiger partial charge < -0.3 is 10.5 Å². The van der Waals surface area contributed by atoms with Crippen LogP contribution >= 0.6 is 0 Å². The van der Waals surface area contributed by atoms with Gasteiger partial charge in [0.2, 0.25) is 0 Å². The van der Waals surface area contributed by atoms with Crippen LogP contribution in [0.4, 0.5) is 0 Å². The molecule has 6 aliphatic rings. The summed E-state index contributed by atoms with van der Waals surface area (Å²) in [6.45, 7) is 3.40. The molecule has 6 bridgehead atoms. The number of ether oxygens (including phenoxy) is 1. The first-order valence-electron chi connectivity index (χ1n) is 9.32. The highest BCUT2D eigenvalue weighted by Gasteiger charge is 2.53. The molecule has 6 fully saturated rings. The zero-order chi connectivity index (χ0) is 14.0. The molecule has 2 heterocycles. The summed E-state index contributed by atoms with van der Waals surface area (Å²) in [6.07, 6.45) is 12.4. The summed E-state index contributed by atoms with van der Waals surface area (Å²) in [6, 6.07) is 0.406. The van der Waals surface area contributed by atoms with Gasteiger partial charge in [0.15, 0.2) is 0 Å². The standard InChI is InChI=1S/C18H30N2O/c19-17(11-20-9-15-1-2-16(10-20)21-15)18-6-12-3-13(7-18)5-14(4-12)8-18/h12-17H,1-11,19H2. The Morgan fingerprint density at radius 2 is 1.48 bits per heavy atom. The van der Waals surface area contributed by atoms with Crippen molar-refractivity contribution in [1.82, 2.24) is 4.90 Å². The third-order valence-electron chi connectivity index (χ3n) is 7.45. The lowest BCUT2D eigenvalue weighted by molar-refractivity contribution is -0.0838. The molecule has 2 saturated heterocycles. The maximum Gasteiger partial charge on any atom is 0.0707 e. The van der Waals surface area contributed by atoms with Gasteiger partial charge in [-0.3, -0.25) is 4.90 Å². The Labute approximate surface area is 128 Å². The average Bonchev–Trinajstić information content (AvgIpc) is 2.76. The van der Waals surface area contributed by atoms with Crippen molar-refractivity contribution < 1.29 is 4.74 Å². The molecular formula is C18H30N2O. The van der Waals surface area contributed by atoms with E-state index in [0.29, 0.717) is 23.7 Å². The molecule has 118 valence electrons. The number of nitrogens with two attached hydrogens (primary N) is 1. The quantitative estimate of drug-likeness (QED) is 0.867. The van der Waals surface area contributed by atoms with Crippen LogP contribution < -0.4 is 5.73 Å². The van der Waals surface area contributed by atoms with Gasteiger partial charge in [0.25, 0.3) is 0 Å². The molecule has 3 unspecified atom stereocenters. The first-order chi connectivity index (χ1) is 10.2. The summed E-state index contributed by atoms with van der Waals surface area (Å²) >= 11 is 0. The second-order valence-corrected chi connectivity index (χ2v) is 9.06. The second kappa shape index (κ2) is 4.69. The summed E-state index contributed by atoms with van der Waals surface area (Å²) in [7, 11) is 0. The van der Waals surface area contributed by atoms with Crippen molar-refractivity contribution in [3.8, 4) is 0 Å². The smallest absolute Gasteiger partial charge is 0.0707 e. The van der Waals surface area contributed by atoms with E-state index in [1.54, 1.807) is 0 Å². The molecule has 21 heavy (non-hydrogen) atoms. The highest BCUT2D eigenvalue weighted by molar-refractivity contribution is 5.06. The van der Waals surface area contributed by atoms with Crippen LogP contribution in [0, 0.1) is 23.2 Å². The minimum absolute atomic E-state index is 0.406. The van der Waals surface area contributed by atoms with Gasteiger partial charge >= 0.3 is 0 Å². The number of hydrogen-bond acceptors (Lipinski definition) is 3. The Morgan fingerprint density at radius 1 is 0.952 bits per heavy atom. The van der Waals surface area contributed by atoms with E-state index in [0.717, 1.165) is 37.4 Å². The van der Waals surface area contributed by atoms with Gasteiger partial charge in [-0.1, -0.05) is 0 Å². The molecule has 4 saturated carbocycles. The Hall–Kier alpha value is -0.120. The molecular weight excluding hydrogens is 260 g/mol. The SMILES string of the molecule is NC(CN1CC2CCC(C1)O2)C12CC3CC(CC(C3)C1)C2. The fraction of sp³-hybridized carbons (Fsp3) is 1.00. The van der Waals surface area contributed by atoms with Crippen molar-refractivity contribution in [3.05, 3.63) is 0 Å². The van der Waals surface area contributed by atoms with Crippen molar-refractivity contribution in [2.45, 2.75) is 69.6 Å². The lowest BCUT2D eigenvalue weighted by Crippen LogP contribution is -2.59. The van der Waals surface area contributed by atoms with Crippen LogP contribution in [0.3, 0.4) is 0 Å². The first-order valence-corrected chi connectivity index (χ1v) is 9.32. The minimum Gasteiger partial charge on any atom is -0.372 e. The number of morpholine rings is 1. The number of nitrogens with zero attached hydrogens (tertiary/aromatic N) is 1. The number of rotatable bonds is 3. The number of hydrogen-bond donors (Lipinski definition) is 1. The zero-order valence-electron chi connectivity index (χ0n) is 13.2.